The van der Waals surface area contributed by atoms with Gasteiger partial charge in [-0.2, -0.15) is 0 Å². The van der Waals surface area contributed by atoms with Crippen LogP contribution >= 0.6 is 22.9 Å². The van der Waals surface area contributed by atoms with E-state index in [1.807, 2.05) is 6.92 Å². The van der Waals surface area contributed by atoms with Gasteiger partial charge in [-0.1, -0.05) is 11.6 Å². The van der Waals surface area contributed by atoms with Crippen molar-refractivity contribution in [2.75, 3.05) is 0 Å². The maximum Gasteiger partial charge on any atom is 0.288 e. The van der Waals surface area contributed by atoms with Crippen LogP contribution in [0.15, 0.2) is 23.4 Å². The lowest BCUT2D eigenvalue weighted by atomic mass is 10.5. The maximum absolute atomic E-state index is 11.5. The van der Waals surface area contributed by atoms with Crippen LogP contribution in [-0.4, -0.2) is 14.5 Å². The molecule has 15 heavy (non-hydrogen) atoms. The minimum Gasteiger partial charge on any atom is -0.306 e. The maximum atomic E-state index is 11.5. The first kappa shape index (κ1) is 10.3. The van der Waals surface area contributed by atoms with Crippen LogP contribution in [0.1, 0.15) is 9.88 Å². The summed E-state index contributed by atoms with van der Waals surface area (Å²) in [5, 5.41) is 0.983. The first-order valence-corrected chi connectivity index (χ1v) is 5.48. The number of aromatic nitrogens is 3. The predicted molar refractivity (Wildman–Crippen MR) is 59.5 cm³/mol. The van der Waals surface area contributed by atoms with Crippen molar-refractivity contribution in [1.29, 1.82) is 0 Å². The smallest absolute Gasteiger partial charge is 0.288 e. The Morgan fingerprint density at radius 1 is 1.53 bits per heavy atom. The van der Waals surface area contributed by atoms with E-state index in [1.165, 1.54) is 10.8 Å². The molecule has 78 valence electrons. The molecular formula is C9H8ClN3OS. The second-order valence-corrected chi connectivity index (χ2v) is 4.67. The normalized spacial score (nSPS) is 10.5. The van der Waals surface area contributed by atoms with E-state index in [4.69, 9.17) is 11.6 Å². The third-order valence-corrected chi connectivity index (χ3v) is 3.02. The molecule has 2 rings (SSSR count). The van der Waals surface area contributed by atoms with Crippen molar-refractivity contribution in [3.63, 3.8) is 0 Å². The Labute approximate surface area is 95.2 Å². The van der Waals surface area contributed by atoms with Gasteiger partial charge in [0.25, 0.3) is 5.56 Å². The van der Waals surface area contributed by atoms with Crippen molar-refractivity contribution in [2.24, 2.45) is 0 Å². The van der Waals surface area contributed by atoms with Crippen LogP contribution in [0.2, 0.25) is 5.15 Å². The Morgan fingerprint density at radius 3 is 3.00 bits per heavy atom. The molecule has 2 aromatic rings. The first-order chi connectivity index (χ1) is 7.16. The lowest BCUT2D eigenvalue weighted by molar-refractivity contribution is 0.757. The first-order valence-electron chi connectivity index (χ1n) is 4.29. The predicted octanol–water partition coefficient (Wildman–Crippen LogP) is 1.71. The molecule has 0 saturated carbocycles. The van der Waals surface area contributed by atoms with E-state index in [1.54, 1.807) is 23.7 Å². The molecular weight excluding hydrogens is 234 g/mol. The van der Waals surface area contributed by atoms with Gasteiger partial charge in [0.15, 0.2) is 5.15 Å². The summed E-state index contributed by atoms with van der Waals surface area (Å²) in [6.45, 7) is 2.42. The van der Waals surface area contributed by atoms with Gasteiger partial charge in [0, 0.05) is 23.5 Å². The van der Waals surface area contributed by atoms with Crippen molar-refractivity contribution in [2.45, 2.75) is 13.5 Å². The Hall–Kier alpha value is -1.20. The number of hydrogen-bond acceptors (Lipinski definition) is 4. The summed E-state index contributed by atoms with van der Waals surface area (Å²) in [6.07, 6.45) is 4.89. The highest BCUT2D eigenvalue weighted by molar-refractivity contribution is 7.11. The van der Waals surface area contributed by atoms with E-state index < -0.39 is 0 Å². The largest absolute Gasteiger partial charge is 0.306 e. The fourth-order valence-corrected chi connectivity index (χ4v) is 2.15. The fourth-order valence-electron chi connectivity index (χ4n) is 1.19. The van der Waals surface area contributed by atoms with Crippen LogP contribution in [-0.2, 0) is 6.54 Å². The summed E-state index contributed by atoms with van der Waals surface area (Å²) >= 11 is 7.19. The monoisotopic (exact) mass is 241 g/mol. The third-order valence-electron chi connectivity index (χ3n) is 1.87. The molecule has 0 spiro atoms. The summed E-state index contributed by atoms with van der Waals surface area (Å²) in [7, 11) is 0. The van der Waals surface area contributed by atoms with Gasteiger partial charge in [-0.25, -0.2) is 9.97 Å². The standard InChI is InChI=1S/C9H8ClN3OS/c1-6-12-4-7(15-6)5-13-3-2-11-8(10)9(13)14/h2-4H,5H2,1H3. The number of aryl methyl sites for hydroxylation is 1. The Morgan fingerprint density at radius 2 is 2.33 bits per heavy atom. The Bertz CT molecular complexity index is 534. The summed E-state index contributed by atoms with van der Waals surface area (Å²) < 4.78 is 1.52. The molecule has 0 aliphatic carbocycles. The Kier molecular flexibility index (Phi) is 2.83. The molecule has 0 radical (unpaired) electrons. The van der Waals surface area contributed by atoms with E-state index in [0.717, 1.165) is 9.88 Å². The topological polar surface area (TPSA) is 47.8 Å². The van der Waals surface area contributed by atoms with Crippen molar-refractivity contribution in [3.8, 4) is 0 Å². The number of hydrogen-bond donors (Lipinski definition) is 0. The number of nitrogens with zero attached hydrogens (tertiary/aromatic N) is 3. The SMILES string of the molecule is Cc1ncc(Cn2ccnc(Cl)c2=O)s1. The van der Waals surface area contributed by atoms with Crippen molar-refractivity contribution in [3.05, 3.63) is 44.0 Å². The highest BCUT2D eigenvalue weighted by Crippen LogP contribution is 2.12. The van der Waals surface area contributed by atoms with Crippen LogP contribution in [0.3, 0.4) is 0 Å². The van der Waals surface area contributed by atoms with Gasteiger partial charge >= 0.3 is 0 Å². The molecule has 0 saturated heterocycles. The third kappa shape index (κ3) is 2.24. The van der Waals surface area contributed by atoms with Crippen LogP contribution in [0, 0.1) is 6.92 Å². The lowest BCUT2D eigenvalue weighted by Crippen LogP contribution is -2.20. The summed E-state index contributed by atoms with van der Waals surface area (Å²) in [5.74, 6) is 0. The van der Waals surface area contributed by atoms with E-state index in [2.05, 4.69) is 9.97 Å². The summed E-state index contributed by atoms with van der Waals surface area (Å²) in [5.41, 5.74) is -0.273. The van der Waals surface area contributed by atoms with Crippen LogP contribution in [0.4, 0.5) is 0 Å². The molecule has 0 aromatic carbocycles. The summed E-state index contributed by atoms with van der Waals surface area (Å²) in [6, 6.07) is 0. The van der Waals surface area contributed by atoms with Gasteiger partial charge < -0.3 is 4.57 Å². The second-order valence-electron chi connectivity index (χ2n) is 3.00. The molecule has 0 fully saturated rings. The molecule has 4 nitrogen and oxygen atoms in total. The van der Waals surface area contributed by atoms with Crippen molar-refractivity contribution < 1.29 is 0 Å². The highest BCUT2D eigenvalue weighted by Gasteiger charge is 2.04. The van der Waals surface area contributed by atoms with E-state index in [9.17, 15) is 4.79 Å². The summed E-state index contributed by atoms with van der Waals surface area (Å²) in [4.78, 5) is 20.4. The van der Waals surface area contributed by atoms with Gasteiger partial charge in [0.05, 0.1) is 11.6 Å². The van der Waals surface area contributed by atoms with E-state index in [-0.39, 0.29) is 10.7 Å². The molecule has 2 aromatic heterocycles. The van der Waals surface area contributed by atoms with Crippen LogP contribution < -0.4 is 5.56 Å². The Balaban J connectivity index is 2.32. The quantitative estimate of drug-likeness (QED) is 0.804. The van der Waals surface area contributed by atoms with Crippen molar-refractivity contribution in [1.82, 2.24) is 14.5 Å². The molecule has 2 heterocycles. The van der Waals surface area contributed by atoms with Crippen LogP contribution in [0.5, 0.6) is 0 Å². The minimum absolute atomic E-state index is 0.00117. The zero-order valence-corrected chi connectivity index (χ0v) is 9.55. The zero-order valence-electron chi connectivity index (χ0n) is 7.98. The van der Waals surface area contributed by atoms with E-state index in [0.29, 0.717) is 6.54 Å². The average Bonchev–Trinajstić information content (AvgIpc) is 2.59. The van der Waals surface area contributed by atoms with Gasteiger partial charge in [-0.05, 0) is 6.92 Å². The van der Waals surface area contributed by atoms with Gasteiger partial charge in [0.1, 0.15) is 0 Å². The minimum atomic E-state index is -0.273. The van der Waals surface area contributed by atoms with Gasteiger partial charge in [-0.15, -0.1) is 11.3 Å². The molecule has 0 atom stereocenters. The molecule has 0 aliphatic heterocycles. The molecule has 6 heteroatoms. The van der Waals surface area contributed by atoms with Crippen molar-refractivity contribution >= 4 is 22.9 Å². The zero-order chi connectivity index (χ0) is 10.8. The number of rotatable bonds is 2. The molecule has 0 bridgehead atoms. The second kappa shape index (κ2) is 4.12. The van der Waals surface area contributed by atoms with E-state index >= 15 is 0 Å². The molecule has 0 unspecified atom stereocenters. The average molecular weight is 242 g/mol. The van der Waals surface area contributed by atoms with Crippen LogP contribution in [0.25, 0.3) is 0 Å². The molecule has 0 N–H and O–H groups in total. The number of thiazole rings is 1. The molecule has 0 aliphatic rings. The van der Waals surface area contributed by atoms with Gasteiger partial charge in [-0.3, -0.25) is 4.79 Å². The molecule has 0 amide bonds. The van der Waals surface area contributed by atoms with Gasteiger partial charge in [0.2, 0.25) is 0 Å². The number of halogens is 1. The lowest BCUT2D eigenvalue weighted by Gasteiger charge is -2.01. The highest BCUT2D eigenvalue weighted by atomic mass is 35.5. The fraction of sp³-hybridized carbons (Fsp3) is 0.222.